The summed E-state index contributed by atoms with van der Waals surface area (Å²) < 4.78 is 7.82. The first-order valence-corrected chi connectivity index (χ1v) is 14.0. The lowest BCUT2D eigenvalue weighted by atomic mass is 10.3. The average molecular weight is 547 g/mol. The Hall–Kier alpha value is -4.20. The summed E-state index contributed by atoms with van der Waals surface area (Å²) in [6.07, 6.45) is 9.18. The first kappa shape index (κ1) is 35.8. The second kappa shape index (κ2) is 20.7. The number of benzene rings is 2. The van der Waals surface area contributed by atoms with Crippen molar-refractivity contribution in [3.05, 3.63) is 97.4 Å². The highest BCUT2D eigenvalue weighted by atomic mass is 15.2. The fraction of sp³-hybridized carbons (Fsp3) is 0.375. The zero-order valence-electron chi connectivity index (χ0n) is 26.7. The number of para-hydroxylation sites is 4. The first-order chi connectivity index (χ1) is 19.4. The molecule has 0 aliphatic rings. The summed E-state index contributed by atoms with van der Waals surface area (Å²) in [4.78, 5) is 12.5. The minimum atomic E-state index is 1.06. The summed E-state index contributed by atoms with van der Waals surface area (Å²) in [6, 6.07) is 18.1. The van der Waals surface area contributed by atoms with Gasteiger partial charge in [0.15, 0.2) is 0 Å². The molecule has 2 aromatic carbocycles. The summed E-state index contributed by atoms with van der Waals surface area (Å²) in [5.41, 5.74) is 4.52. The third-order valence-corrected chi connectivity index (χ3v) is 5.34. The maximum absolute atomic E-state index is 4.38. The Balaban J connectivity index is 0.000000487. The Morgan fingerprint density at radius 2 is 1.12 bits per heavy atom. The van der Waals surface area contributed by atoms with Crippen molar-refractivity contribution >= 4 is 22.1 Å². The maximum atomic E-state index is 4.38. The number of aryl methyl sites for hydroxylation is 6. The molecule has 0 N–H and O–H groups in total. The van der Waals surface area contributed by atoms with E-state index in [1.807, 2.05) is 154 Å². The molecule has 0 fully saturated rings. The van der Waals surface area contributed by atoms with Crippen molar-refractivity contribution in [2.24, 2.45) is 28.2 Å². The van der Waals surface area contributed by atoms with Crippen molar-refractivity contribution in [1.29, 1.82) is 0 Å². The minimum absolute atomic E-state index is 1.06. The lowest BCUT2D eigenvalue weighted by molar-refractivity contribution is 0.768. The molecular formula is C32H50N8. The maximum Gasteiger partial charge on any atom is 0.106 e. The zero-order chi connectivity index (χ0) is 30.5. The van der Waals surface area contributed by atoms with E-state index in [0.29, 0.717) is 0 Å². The number of nitrogens with zero attached hydrogens (tertiary/aromatic N) is 8. The van der Waals surface area contributed by atoms with Gasteiger partial charge in [-0.05, 0) is 44.2 Å². The molecule has 0 bridgehead atoms. The van der Waals surface area contributed by atoms with Gasteiger partial charge in [0.2, 0.25) is 0 Å². The number of aromatic nitrogens is 8. The van der Waals surface area contributed by atoms with E-state index in [1.54, 1.807) is 17.1 Å². The van der Waals surface area contributed by atoms with Gasteiger partial charge in [-0.25, -0.2) is 15.0 Å². The molecule has 40 heavy (non-hydrogen) atoms. The largest absolute Gasteiger partial charge is 0.338 e. The van der Waals surface area contributed by atoms with Gasteiger partial charge >= 0.3 is 0 Å². The fourth-order valence-electron chi connectivity index (χ4n) is 3.13. The fourth-order valence-corrected chi connectivity index (χ4v) is 3.13. The van der Waals surface area contributed by atoms with Gasteiger partial charge in [0.05, 0.1) is 28.4 Å². The monoisotopic (exact) mass is 546 g/mol. The van der Waals surface area contributed by atoms with Crippen molar-refractivity contribution in [2.75, 3.05) is 0 Å². The number of rotatable bonds is 0. The number of hydrogen-bond donors (Lipinski definition) is 0. The van der Waals surface area contributed by atoms with Gasteiger partial charge in [0, 0.05) is 53.0 Å². The molecule has 0 saturated carbocycles. The van der Waals surface area contributed by atoms with Crippen LogP contribution in [0.15, 0.2) is 85.7 Å². The average Bonchev–Trinajstić information content (AvgIpc) is 3.79. The predicted octanol–water partition coefficient (Wildman–Crippen LogP) is 7.68. The Morgan fingerprint density at radius 3 is 1.52 bits per heavy atom. The summed E-state index contributed by atoms with van der Waals surface area (Å²) >= 11 is 0. The molecule has 218 valence electrons. The van der Waals surface area contributed by atoms with E-state index in [1.165, 1.54) is 11.0 Å². The van der Waals surface area contributed by atoms with E-state index in [0.717, 1.165) is 22.7 Å². The highest BCUT2D eigenvalue weighted by molar-refractivity contribution is 5.75. The lowest BCUT2D eigenvalue weighted by Crippen LogP contribution is -1.89. The van der Waals surface area contributed by atoms with Crippen LogP contribution in [0.4, 0.5) is 0 Å². The molecule has 0 aliphatic heterocycles. The Morgan fingerprint density at radius 1 is 0.550 bits per heavy atom. The lowest BCUT2D eigenvalue weighted by Gasteiger charge is -1.93. The number of imidazole rings is 3. The molecule has 8 heteroatoms. The van der Waals surface area contributed by atoms with Crippen molar-refractivity contribution < 1.29 is 0 Å². The van der Waals surface area contributed by atoms with Crippen molar-refractivity contribution in [1.82, 2.24) is 38.4 Å². The van der Waals surface area contributed by atoms with E-state index in [9.17, 15) is 0 Å². The predicted molar refractivity (Wildman–Crippen MR) is 171 cm³/mol. The zero-order valence-corrected chi connectivity index (χ0v) is 26.7. The van der Waals surface area contributed by atoms with Gasteiger partial charge in [-0.3, -0.25) is 4.68 Å². The van der Waals surface area contributed by atoms with Crippen LogP contribution in [0, 0.1) is 13.8 Å². The molecule has 0 aliphatic carbocycles. The molecule has 0 atom stereocenters. The smallest absolute Gasteiger partial charge is 0.106 e. The Bertz CT molecular complexity index is 1410. The summed E-state index contributed by atoms with van der Waals surface area (Å²) in [6.45, 7) is 16.0. The van der Waals surface area contributed by atoms with Gasteiger partial charge in [0.25, 0.3) is 0 Å². The van der Waals surface area contributed by atoms with Gasteiger partial charge in [-0.1, -0.05) is 65.8 Å². The topological polar surface area (TPSA) is 71.3 Å². The molecule has 0 saturated heterocycles. The van der Waals surface area contributed by atoms with Crippen LogP contribution in [0.1, 0.15) is 53.2 Å². The molecule has 8 nitrogen and oxygen atoms in total. The van der Waals surface area contributed by atoms with Crippen molar-refractivity contribution in [3.63, 3.8) is 0 Å². The van der Waals surface area contributed by atoms with Crippen LogP contribution in [0.2, 0.25) is 0 Å². The molecule has 0 unspecified atom stereocenters. The highest BCUT2D eigenvalue weighted by Crippen LogP contribution is 2.12. The normalized spacial score (nSPS) is 9.00. The molecule has 0 spiro atoms. The van der Waals surface area contributed by atoms with Crippen LogP contribution in [-0.2, 0) is 28.2 Å². The van der Waals surface area contributed by atoms with Gasteiger partial charge in [0.1, 0.15) is 11.6 Å². The number of hydrogen-bond acceptors (Lipinski definition) is 4. The van der Waals surface area contributed by atoms with E-state index < -0.39 is 0 Å². The van der Waals surface area contributed by atoms with Crippen molar-refractivity contribution in [2.45, 2.75) is 55.4 Å². The van der Waals surface area contributed by atoms with Crippen LogP contribution >= 0.6 is 0 Å². The van der Waals surface area contributed by atoms with E-state index in [4.69, 9.17) is 0 Å². The third-order valence-electron chi connectivity index (χ3n) is 5.34. The summed E-state index contributed by atoms with van der Waals surface area (Å²) in [5.74, 6) is 2.12. The second-order valence-corrected chi connectivity index (χ2v) is 7.82. The molecule has 6 aromatic rings. The number of fused-ring (bicyclic) bond motifs is 2. The van der Waals surface area contributed by atoms with Gasteiger partial charge < -0.3 is 13.7 Å². The van der Waals surface area contributed by atoms with Gasteiger partial charge in [-0.2, -0.15) is 5.10 Å². The Labute approximate surface area is 241 Å². The second-order valence-electron chi connectivity index (χ2n) is 7.82. The molecule has 0 amide bonds. The molecular weight excluding hydrogens is 496 g/mol. The molecule has 6 rings (SSSR count). The van der Waals surface area contributed by atoms with Crippen LogP contribution in [-0.4, -0.2) is 38.4 Å². The van der Waals surface area contributed by atoms with E-state index in [-0.39, 0.29) is 0 Å². The quantitative estimate of drug-likeness (QED) is 0.196. The molecule has 4 aromatic heterocycles. The molecule has 0 radical (unpaired) electrons. The highest BCUT2D eigenvalue weighted by Gasteiger charge is 2.00. The van der Waals surface area contributed by atoms with Crippen molar-refractivity contribution in [3.8, 4) is 0 Å². The van der Waals surface area contributed by atoms with Crippen LogP contribution in [0.25, 0.3) is 22.1 Å². The minimum Gasteiger partial charge on any atom is -0.338 e. The van der Waals surface area contributed by atoms with Gasteiger partial charge in [-0.15, -0.1) is 0 Å². The van der Waals surface area contributed by atoms with Crippen LogP contribution in [0.3, 0.4) is 0 Å². The SMILES string of the molecule is CC.CC.CC.Cc1nc2ccccc2n1C.Cc1nccn1C.Cn1cccn1.Cn1cnc2ccccc21. The summed E-state index contributed by atoms with van der Waals surface area (Å²) in [5, 5.41) is 3.83. The van der Waals surface area contributed by atoms with Crippen LogP contribution < -0.4 is 0 Å². The standard InChI is InChI=1S/C9H10N2.C8H8N2.C5H8N2.C4H6N2.3C2H6/c1-7-10-8-5-3-4-6-9(8)11(7)2;1-10-6-9-7-4-2-3-5-8(7)10;1-5-6-3-4-7(5)2;1-6-4-2-3-5-6;3*1-2/h3-6H,1-2H3;2-6H,1H3;3-4H,1-2H3;2-4H,1H3;3*1-2H3. The van der Waals surface area contributed by atoms with Crippen LogP contribution in [0.5, 0.6) is 0 Å². The third kappa shape index (κ3) is 11.7. The van der Waals surface area contributed by atoms with E-state index in [2.05, 4.69) is 36.8 Å². The Kier molecular flexibility index (Phi) is 18.5. The van der Waals surface area contributed by atoms with E-state index >= 15 is 0 Å². The first-order valence-electron chi connectivity index (χ1n) is 14.0. The molecule has 4 heterocycles. The summed E-state index contributed by atoms with van der Waals surface area (Å²) in [7, 11) is 7.89.